The SMILES string of the molecule is O=C(c1[nH]ncc1Cl)N1CCN(Cc2ccco2)CC1. The molecule has 0 unspecified atom stereocenters. The molecule has 0 saturated carbocycles. The fourth-order valence-electron chi connectivity index (χ4n) is 2.31. The molecule has 6 nitrogen and oxygen atoms in total. The number of nitrogens with one attached hydrogen (secondary N) is 1. The number of hydrogen-bond acceptors (Lipinski definition) is 4. The van der Waals surface area contributed by atoms with E-state index in [4.69, 9.17) is 16.0 Å². The molecule has 3 heterocycles. The van der Waals surface area contributed by atoms with Crippen molar-refractivity contribution in [2.24, 2.45) is 0 Å². The average Bonchev–Trinajstić information content (AvgIpc) is 3.10. The Kier molecular flexibility index (Phi) is 3.75. The summed E-state index contributed by atoms with van der Waals surface area (Å²) in [7, 11) is 0. The third-order valence-electron chi connectivity index (χ3n) is 3.43. The van der Waals surface area contributed by atoms with Gasteiger partial charge in [-0.3, -0.25) is 14.8 Å². The van der Waals surface area contributed by atoms with Crippen LogP contribution >= 0.6 is 11.6 Å². The van der Waals surface area contributed by atoms with Gasteiger partial charge in [0.1, 0.15) is 11.5 Å². The van der Waals surface area contributed by atoms with Crippen LogP contribution < -0.4 is 0 Å². The standard InChI is InChI=1S/C13H15ClN4O2/c14-11-8-15-16-12(11)13(19)18-5-3-17(4-6-18)9-10-2-1-7-20-10/h1-2,7-8H,3-6,9H2,(H,15,16). The monoisotopic (exact) mass is 294 g/mol. The molecule has 3 rings (SSSR count). The third-order valence-corrected chi connectivity index (χ3v) is 3.71. The Morgan fingerprint density at radius 1 is 1.40 bits per heavy atom. The lowest BCUT2D eigenvalue weighted by Gasteiger charge is -2.34. The Bertz CT molecular complexity index is 573. The normalized spacial score (nSPS) is 16.6. The van der Waals surface area contributed by atoms with Gasteiger partial charge in [-0.05, 0) is 12.1 Å². The van der Waals surface area contributed by atoms with Crippen LogP contribution in [0.3, 0.4) is 0 Å². The number of furan rings is 1. The number of H-pyrrole nitrogens is 1. The Balaban J connectivity index is 1.56. The van der Waals surface area contributed by atoms with E-state index in [0.717, 1.165) is 25.4 Å². The first kappa shape index (κ1) is 13.2. The van der Waals surface area contributed by atoms with Crippen LogP contribution in [0.1, 0.15) is 16.2 Å². The van der Waals surface area contributed by atoms with Crippen molar-refractivity contribution in [3.8, 4) is 0 Å². The zero-order valence-corrected chi connectivity index (χ0v) is 11.6. The molecular formula is C13H15ClN4O2. The van der Waals surface area contributed by atoms with Gasteiger partial charge in [0, 0.05) is 26.2 Å². The Morgan fingerprint density at radius 3 is 2.80 bits per heavy atom. The van der Waals surface area contributed by atoms with Crippen LogP contribution in [-0.2, 0) is 6.54 Å². The van der Waals surface area contributed by atoms with Crippen molar-refractivity contribution < 1.29 is 9.21 Å². The quantitative estimate of drug-likeness (QED) is 0.934. The number of carbonyl (C=O) groups excluding carboxylic acids is 1. The number of piperazine rings is 1. The highest BCUT2D eigenvalue weighted by Crippen LogP contribution is 2.16. The van der Waals surface area contributed by atoms with E-state index in [9.17, 15) is 4.79 Å². The molecule has 0 radical (unpaired) electrons. The first-order chi connectivity index (χ1) is 9.74. The molecule has 0 aliphatic carbocycles. The van der Waals surface area contributed by atoms with Crippen LogP contribution in [-0.4, -0.2) is 52.1 Å². The second-order valence-corrected chi connectivity index (χ2v) is 5.15. The second kappa shape index (κ2) is 5.68. The topological polar surface area (TPSA) is 65.4 Å². The summed E-state index contributed by atoms with van der Waals surface area (Å²) < 4.78 is 5.33. The Hall–Kier alpha value is -1.79. The maximum absolute atomic E-state index is 12.2. The van der Waals surface area contributed by atoms with E-state index in [1.165, 1.54) is 6.20 Å². The van der Waals surface area contributed by atoms with Gasteiger partial charge in [0.05, 0.1) is 24.0 Å². The molecule has 1 N–H and O–H groups in total. The Labute approximate surface area is 121 Å². The fourth-order valence-corrected chi connectivity index (χ4v) is 2.48. The summed E-state index contributed by atoms with van der Waals surface area (Å²) in [6.45, 7) is 3.76. The maximum Gasteiger partial charge on any atom is 0.273 e. The average molecular weight is 295 g/mol. The molecule has 7 heteroatoms. The van der Waals surface area contributed by atoms with Crippen LogP contribution in [0.25, 0.3) is 0 Å². The van der Waals surface area contributed by atoms with Gasteiger partial charge in [0.2, 0.25) is 0 Å². The summed E-state index contributed by atoms with van der Waals surface area (Å²) in [6.07, 6.45) is 3.12. The number of aromatic amines is 1. The third kappa shape index (κ3) is 2.71. The molecular weight excluding hydrogens is 280 g/mol. The zero-order valence-electron chi connectivity index (χ0n) is 10.9. The molecule has 2 aromatic rings. The highest BCUT2D eigenvalue weighted by atomic mass is 35.5. The number of carbonyl (C=O) groups is 1. The van der Waals surface area contributed by atoms with Crippen LogP contribution in [0.4, 0.5) is 0 Å². The summed E-state index contributed by atoms with van der Waals surface area (Å²) >= 11 is 5.91. The van der Waals surface area contributed by atoms with Crippen LogP contribution in [0.15, 0.2) is 29.0 Å². The van der Waals surface area contributed by atoms with Crippen molar-refractivity contribution in [3.05, 3.63) is 41.1 Å². The molecule has 106 valence electrons. The molecule has 0 atom stereocenters. The van der Waals surface area contributed by atoms with Crippen LogP contribution in [0.2, 0.25) is 5.02 Å². The van der Waals surface area contributed by atoms with Crippen LogP contribution in [0.5, 0.6) is 0 Å². The summed E-state index contributed by atoms with van der Waals surface area (Å²) in [5.74, 6) is 0.853. The first-order valence-corrected chi connectivity index (χ1v) is 6.85. The number of amides is 1. The fraction of sp³-hybridized carbons (Fsp3) is 0.385. The summed E-state index contributed by atoms with van der Waals surface area (Å²) in [5.41, 5.74) is 0.367. The van der Waals surface area contributed by atoms with Gasteiger partial charge in [-0.1, -0.05) is 11.6 Å². The van der Waals surface area contributed by atoms with Gasteiger partial charge in [-0.15, -0.1) is 0 Å². The van der Waals surface area contributed by atoms with Crippen molar-refractivity contribution in [2.75, 3.05) is 26.2 Å². The second-order valence-electron chi connectivity index (χ2n) is 4.74. The minimum Gasteiger partial charge on any atom is -0.468 e. The zero-order chi connectivity index (χ0) is 13.9. The molecule has 0 bridgehead atoms. The van der Waals surface area contributed by atoms with E-state index in [-0.39, 0.29) is 5.91 Å². The van der Waals surface area contributed by atoms with E-state index >= 15 is 0 Å². The minimum absolute atomic E-state index is 0.0925. The predicted molar refractivity (Wildman–Crippen MR) is 73.5 cm³/mol. The number of rotatable bonds is 3. The molecule has 1 saturated heterocycles. The molecule has 1 fully saturated rings. The van der Waals surface area contributed by atoms with E-state index in [0.29, 0.717) is 23.8 Å². The molecule has 1 aliphatic heterocycles. The highest BCUT2D eigenvalue weighted by molar-refractivity contribution is 6.33. The first-order valence-electron chi connectivity index (χ1n) is 6.47. The van der Waals surface area contributed by atoms with Gasteiger partial charge in [0.15, 0.2) is 0 Å². The van der Waals surface area contributed by atoms with E-state index in [1.54, 1.807) is 11.2 Å². The molecule has 0 spiro atoms. The van der Waals surface area contributed by atoms with Gasteiger partial charge in [-0.25, -0.2) is 0 Å². The van der Waals surface area contributed by atoms with Gasteiger partial charge >= 0.3 is 0 Å². The molecule has 1 aliphatic rings. The van der Waals surface area contributed by atoms with Gasteiger partial charge < -0.3 is 9.32 Å². The Morgan fingerprint density at radius 2 is 2.20 bits per heavy atom. The lowest BCUT2D eigenvalue weighted by molar-refractivity contribution is 0.0615. The lowest BCUT2D eigenvalue weighted by atomic mass is 10.2. The van der Waals surface area contributed by atoms with E-state index in [1.807, 2.05) is 12.1 Å². The van der Waals surface area contributed by atoms with Crippen LogP contribution in [0, 0.1) is 0 Å². The van der Waals surface area contributed by atoms with Crippen molar-refractivity contribution in [2.45, 2.75) is 6.54 Å². The number of nitrogens with zero attached hydrogens (tertiary/aromatic N) is 3. The van der Waals surface area contributed by atoms with Crippen molar-refractivity contribution >= 4 is 17.5 Å². The lowest BCUT2D eigenvalue weighted by Crippen LogP contribution is -2.48. The number of aromatic nitrogens is 2. The summed E-state index contributed by atoms with van der Waals surface area (Å²) in [6, 6.07) is 3.84. The maximum atomic E-state index is 12.2. The minimum atomic E-state index is -0.0925. The highest BCUT2D eigenvalue weighted by Gasteiger charge is 2.24. The molecule has 2 aromatic heterocycles. The number of halogens is 1. The summed E-state index contributed by atoms with van der Waals surface area (Å²) in [4.78, 5) is 16.3. The van der Waals surface area contributed by atoms with E-state index < -0.39 is 0 Å². The van der Waals surface area contributed by atoms with Crippen molar-refractivity contribution in [3.63, 3.8) is 0 Å². The van der Waals surface area contributed by atoms with Gasteiger partial charge in [0.25, 0.3) is 5.91 Å². The molecule has 20 heavy (non-hydrogen) atoms. The van der Waals surface area contributed by atoms with Crippen molar-refractivity contribution in [1.29, 1.82) is 0 Å². The summed E-state index contributed by atoms with van der Waals surface area (Å²) in [5, 5.41) is 6.79. The number of hydrogen-bond donors (Lipinski definition) is 1. The largest absolute Gasteiger partial charge is 0.468 e. The van der Waals surface area contributed by atoms with E-state index in [2.05, 4.69) is 15.1 Å². The smallest absolute Gasteiger partial charge is 0.273 e. The molecule has 1 amide bonds. The van der Waals surface area contributed by atoms with Gasteiger partial charge in [-0.2, -0.15) is 5.10 Å². The molecule has 0 aromatic carbocycles. The van der Waals surface area contributed by atoms with Crippen molar-refractivity contribution in [1.82, 2.24) is 20.0 Å². The predicted octanol–water partition coefficient (Wildman–Crippen LogP) is 1.61.